The quantitative estimate of drug-likeness (QED) is 0.761. The minimum Gasteiger partial charge on any atom is -0.481 e. The van der Waals surface area contributed by atoms with Crippen molar-refractivity contribution in [3.63, 3.8) is 0 Å². The van der Waals surface area contributed by atoms with Crippen LogP contribution in [0.1, 0.15) is 66.7 Å². The van der Waals surface area contributed by atoms with E-state index in [-0.39, 0.29) is 17.8 Å². The third kappa shape index (κ3) is 20.4. The molecule has 2 N–H and O–H groups in total. The Morgan fingerprint density at radius 2 is 1.61 bits per heavy atom. The van der Waals surface area contributed by atoms with E-state index in [4.69, 9.17) is 10.2 Å². The molecule has 0 aliphatic heterocycles. The number of carboxylic acids is 2. The number of hydrogen-bond donors (Lipinski definition) is 2. The molecule has 0 heterocycles. The van der Waals surface area contributed by atoms with E-state index < -0.39 is 11.9 Å². The first-order valence-electron chi connectivity index (χ1n) is 6.52. The van der Waals surface area contributed by atoms with Crippen LogP contribution in [-0.2, 0) is 9.59 Å². The summed E-state index contributed by atoms with van der Waals surface area (Å²) in [5.41, 5.74) is 0.245. The zero-order valence-electron chi connectivity index (χ0n) is 12.3. The van der Waals surface area contributed by atoms with E-state index in [1.165, 1.54) is 0 Å². The van der Waals surface area contributed by atoms with Crippen molar-refractivity contribution in [2.45, 2.75) is 66.7 Å². The van der Waals surface area contributed by atoms with Gasteiger partial charge in [0, 0.05) is 12.8 Å². The standard InChI is InChI=1S/C9H18O2.C5H10O2/c1-7(5-8(10)11)6-9(2,3)4;1-2-3-4-5(6)7/h7H,5-6H2,1-4H3,(H,10,11);2-4H2,1H3,(H,6,7). The molecule has 0 saturated carbocycles. The van der Waals surface area contributed by atoms with Crippen molar-refractivity contribution < 1.29 is 19.8 Å². The van der Waals surface area contributed by atoms with Gasteiger partial charge in [-0.2, -0.15) is 0 Å². The molecule has 4 heteroatoms. The van der Waals surface area contributed by atoms with E-state index in [1.807, 2.05) is 13.8 Å². The van der Waals surface area contributed by atoms with Crippen molar-refractivity contribution in [3.8, 4) is 0 Å². The normalized spacial score (nSPS) is 12.3. The maximum absolute atomic E-state index is 10.3. The first kappa shape index (κ1) is 19.3. The van der Waals surface area contributed by atoms with Gasteiger partial charge >= 0.3 is 11.9 Å². The molecular formula is C14H28O4. The molecular weight excluding hydrogens is 232 g/mol. The lowest BCUT2D eigenvalue weighted by molar-refractivity contribution is -0.138. The molecule has 0 spiro atoms. The average molecular weight is 260 g/mol. The number of carboxylic acid groups (broad SMARTS) is 2. The summed E-state index contributed by atoms with van der Waals surface area (Å²) >= 11 is 0. The maximum Gasteiger partial charge on any atom is 0.303 e. The van der Waals surface area contributed by atoms with Crippen molar-refractivity contribution >= 4 is 11.9 Å². The summed E-state index contributed by atoms with van der Waals surface area (Å²) in [5, 5.41) is 16.5. The molecule has 1 atom stereocenters. The number of unbranched alkanes of at least 4 members (excludes halogenated alkanes) is 1. The lowest BCUT2D eigenvalue weighted by Gasteiger charge is -2.21. The predicted octanol–water partition coefficient (Wildman–Crippen LogP) is 3.79. The van der Waals surface area contributed by atoms with Gasteiger partial charge in [0.25, 0.3) is 0 Å². The van der Waals surface area contributed by atoms with Crippen molar-refractivity contribution in [2.75, 3.05) is 0 Å². The molecule has 4 nitrogen and oxygen atoms in total. The Morgan fingerprint density at radius 3 is 1.83 bits per heavy atom. The van der Waals surface area contributed by atoms with E-state index >= 15 is 0 Å². The second kappa shape index (κ2) is 9.92. The fraction of sp³-hybridized carbons (Fsp3) is 0.857. The Labute approximate surface area is 110 Å². The maximum atomic E-state index is 10.3. The highest BCUT2D eigenvalue weighted by Crippen LogP contribution is 2.25. The molecule has 108 valence electrons. The summed E-state index contributed by atoms with van der Waals surface area (Å²) in [7, 11) is 0. The van der Waals surface area contributed by atoms with Crippen LogP contribution in [0.3, 0.4) is 0 Å². The molecule has 0 fully saturated rings. The number of carbonyl (C=O) groups is 2. The minimum absolute atomic E-state index is 0.245. The summed E-state index contributed by atoms with van der Waals surface area (Å²) in [6.45, 7) is 10.4. The van der Waals surface area contributed by atoms with Crippen LogP contribution in [0.4, 0.5) is 0 Å². The van der Waals surface area contributed by atoms with Gasteiger partial charge in [-0.25, -0.2) is 0 Å². The molecule has 1 unspecified atom stereocenters. The van der Waals surface area contributed by atoms with Crippen molar-refractivity contribution in [3.05, 3.63) is 0 Å². The van der Waals surface area contributed by atoms with Crippen LogP contribution in [0.5, 0.6) is 0 Å². The molecule has 0 aromatic heterocycles. The Kier molecular flexibility index (Phi) is 10.6. The summed E-state index contributed by atoms with van der Waals surface area (Å²) in [6.07, 6.45) is 3.34. The third-order valence-electron chi connectivity index (χ3n) is 2.23. The van der Waals surface area contributed by atoms with Gasteiger partial charge in [-0.15, -0.1) is 0 Å². The molecule has 0 radical (unpaired) electrons. The first-order valence-corrected chi connectivity index (χ1v) is 6.52. The molecule has 18 heavy (non-hydrogen) atoms. The fourth-order valence-corrected chi connectivity index (χ4v) is 1.74. The van der Waals surface area contributed by atoms with E-state index in [0.29, 0.717) is 6.42 Å². The monoisotopic (exact) mass is 260 g/mol. The van der Waals surface area contributed by atoms with E-state index in [1.54, 1.807) is 0 Å². The highest BCUT2D eigenvalue weighted by Gasteiger charge is 2.16. The summed E-state index contributed by atoms with van der Waals surface area (Å²) < 4.78 is 0. The Hall–Kier alpha value is -1.06. The smallest absolute Gasteiger partial charge is 0.303 e. The van der Waals surface area contributed by atoms with Crippen LogP contribution < -0.4 is 0 Å². The Morgan fingerprint density at radius 1 is 1.11 bits per heavy atom. The molecule has 0 aromatic rings. The number of hydrogen-bond acceptors (Lipinski definition) is 2. The largest absolute Gasteiger partial charge is 0.481 e. The van der Waals surface area contributed by atoms with Crippen LogP contribution in [0.2, 0.25) is 0 Å². The summed E-state index contributed by atoms with van der Waals surface area (Å²) in [5.74, 6) is -1.10. The van der Waals surface area contributed by atoms with E-state index in [0.717, 1.165) is 19.3 Å². The van der Waals surface area contributed by atoms with Gasteiger partial charge in [0.1, 0.15) is 0 Å². The van der Waals surface area contributed by atoms with Crippen LogP contribution in [0, 0.1) is 11.3 Å². The van der Waals surface area contributed by atoms with Crippen LogP contribution in [0.25, 0.3) is 0 Å². The van der Waals surface area contributed by atoms with E-state index in [9.17, 15) is 9.59 Å². The van der Waals surface area contributed by atoms with Crippen molar-refractivity contribution in [1.82, 2.24) is 0 Å². The summed E-state index contributed by atoms with van der Waals surface area (Å²) in [4.78, 5) is 20.1. The Bertz CT molecular complexity index is 241. The number of aliphatic carboxylic acids is 2. The minimum atomic E-state index is -0.693. The third-order valence-corrected chi connectivity index (χ3v) is 2.23. The Balaban J connectivity index is 0. The summed E-state index contributed by atoms with van der Waals surface area (Å²) in [6, 6.07) is 0. The second-order valence-corrected chi connectivity index (χ2v) is 5.97. The molecule has 0 bridgehead atoms. The van der Waals surface area contributed by atoms with Crippen LogP contribution in [-0.4, -0.2) is 22.2 Å². The second-order valence-electron chi connectivity index (χ2n) is 5.97. The molecule has 0 rings (SSSR count). The highest BCUT2D eigenvalue weighted by atomic mass is 16.4. The zero-order chi connectivity index (χ0) is 14.8. The van der Waals surface area contributed by atoms with E-state index in [2.05, 4.69) is 20.8 Å². The SMILES string of the molecule is CC(CC(=O)O)CC(C)(C)C.CCCCC(=O)O. The van der Waals surface area contributed by atoms with Crippen molar-refractivity contribution in [2.24, 2.45) is 11.3 Å². The molecule has 0 aliphatic carbocycles. The van der Waals surface area contributed by atoms with Gasteiger partial charge in [0.2, 0.25) is 0 Å². The van der Waals surface area contributed by atoms with Crippen LogP contribution in [0.15, 0.2) is 0 Å². The molecule has 0 saturated heterocycles. The lowest BCUT2D eigenvalue weighted by atomic mass is 9.84. The van der Waals surface area contributed by atoms with Gasteiger partial charge in [-0.1, -0.05) is 41.0 Å². The zero-order valence-corrected chi connectivity index (χ0v) is 12.3. The van der Waals surface area contributed by atoms with Gasteiger partial charge < -0.3 is 10.2 Å². The van der Waals surface area contributed by atoms with Gasteiger partial charge in [-0.05, 0) is 24.2 Å². The average Bonchev–Trinajstić information content (AvgIpc) is 2.10. The van der Waals surface area contributed by atoms with Crippen molar-refractivity contribution in [1.29, 1.82) is 0 Å². The lowest BCUT2D eigenvalue weighted by Crippen LogP contribution is -2.13. The van der Waals surface area contributed by atoms with Crippen LogP contribution >= 0.6 is 0 Å². The predicted molar refractivity (Wildman–Crippen MR) is 72.6 cm³/mol. The van der Waals surface area contributed by atoms with Gasteiger partial charge in [0.05, 0.1) is 0 Å². The molecule has 0 aromatic carbocycles. The fourth-order valence-electron chi connectivity index (χ4n) is 1.74. The first-order chi connectivity index (χ1) is 8.08. The topological polar surface area (TPSA) is 74.6 Å². The number of rotatable bonds is 6. The van der Waals surface area contributed by atoms with Gasteiger partial charge in [-0.3, -0.25) is 9.59 Å². The molecule has 0 amide bonds. The molecule has 0 aliphatic rings. The highest BCUT2D eigenvalue weighted by molar-refractivity contribution is 5.67. The van der Waals surface area contributed by atoms with Gasteiger partial charge in [0.15, 0.2) is 0 Å².